The van der Waals surface area contributed by atoms with Crippen LogP contribution < -0.4 is 16.2 Å². The van der Waals surface area contributed by atoms with Gasteiger partial charge in [-0.1, -0.05) is 6.92 Å². The second kappa shape index (κ2) is 6.05. The second-order valence-electron chi connectivity index (χ2n) is 7.73. The molecule has 1 aliphatic carbocycles. The molecule has 0 amide bonds. The summed E-state index contributed by atoms with van der Waals surface area (Å²) in [5.41, 5.74) is 6.78. The third-order valence-corrected chi connectivity index (χ3v) is 5.94. The van der Waals surface area contributed by atoms with Gasteiger partial charge in [0.25, 0.3) is 5.56 Å². The van der Waals surface area contributed by atoms with Crippen LogP contribution in [-0.4, -0.2) is 23.3 Å². The van der Waals surface area contributed by atoms with E-state index in [1.54, 1.807) is 15.5 Å². The highest BCUT2D eigenvalue weighted by molar-refractivity contribution is 5.88. The van der Waals surface area contributed by atoms with E-state index in [0.717, 1.165) is 18.4 Å². The number of pyridine rings is 1. The fraction of sp³-hybridized carbons (Fsp3) is 0.550. The van der Waals surface area contributed by atoms with E-state index in [1.807, 2.05) is 13.8 Å². The molecule has 2 heterocycles. The summed E-state index contributed by atoms with van der Waals surface area (Å²) >= 11 is 0. The highest BCUT2D eigenvalue weighted by Crippen LogP contribution is 2.41. The summed E-state index contributed by atoms with van der Waals surface area (Å²) in [6.07, 6.45) is 2.72. The van der Waals surface area contributed by atoms with Crippen molar-refractivity contribution in [1.29, 1.82) is 0 Å². The van der Waals surface area contributed by atoms with Crippen molar-refractivity contribution in [1.82, 2.24) is 4.57 Å². The molecule has 1 unspecified atom stereocenters. The molecule has 0 radical (unpaired) electrons. The zero-order chi connectivity index (χ0) is 18.6. The molecule has 4 rings (SSSR count). The lowest BCUT2D eigenvalue weighted by Gasteiger charge is -2.25. The maximum atomic E-state index is 15.0. The minimum Gasteiger partial charge on any atom is -0.366 e. The van der Waals surface area contributed by atoms with Gasteiger partial charge < -0.3 is 15.2 Å². The minimum absolute atomic E-state index is 0.0852. The number of aryl methyl sites for hydroxylation is 1. The predicted molar refractivity (Wildman–Crippen MR) is 100 cm³/mol. The Balaban J connectivity index is 1.94. The SMILES string of the molecule is CCC1(F)CCN(c2c(F)cc3cc(CN)c(=O)n(C4CC4)c3c2C)C1. The van der Waals surface area contributed by atoms with Gasteiger partial charge in [-0.25, -0.2) is 8.78 Å². The molecule has 4 nitrogen and oxygen atoms in total. The van der Waals surface area contributed by atoms with Crippen LogP contribution in [0.3, 0.4) is 0 Å². The number of hydrogen-bond donors (Lipinski definition) is 1. The first-order valence-corrected chi connectivity index (χ1v) is 9.39. The first-order chi connectivity index (χ1) is 12.4. The number of nitrogens with two attached hydrogens (primary N) is 1. The number of halogens is 2. The van der Waals surface area contributed by atoms with E-state index in [-0.39, 0.29) is 30.5 Å². The zero-order valence-electron chi connectivity index (χ0n) is 15.3. The molecule has 1 saturated heterocycles. The smallest absolute Gasteiger partial charge is 0.255 e. The van der Waals surface area contributed by atoms with Crippen molar-refractivity contribution in [2.75, 3.05) is 18.0 Å². The summed E-state index contributed by atoms with van der Waals surface area (Å²) < 4.78 is 31.5. The molecule has 2 N–H and O–H groups in total. The van der Waals surface area contributed by atoms with E-state index < -0.39 is 5.67 Å². The highest BCUT2D eigenvalue weighted by Gasteiger charge is 2.38. The Kier molecular flexibility index (Phi) is 4.06. The standard InChI is InChI=1S/C20H25F2N3O/c1-3-20(22)6-7-24(11-20)18-12(2)17-13(9-16(18)21)8-14(10-23)19(26)25(17)15-4-5-15/h8-9,15H,3-7,10-11,23H2,1-2H3. The monoisotopic (exact) mass is 361 g/mol. The summed E-state index contributed by atoms with van der Waals surface area (Å²) in [7, 11) is 0. The normalized spacial score (nSPS) is 23.2. The topological polar surface area (TPSA) is 51.3 Å². The van der Waals surface area contributed by atoms with Crippen molar-refractivity contribution >= 4 is 16.6 Å². The Morgan fingerprint density at radius 3 is 2.65 bits per heavy atom. The maximum Gasteiger partial charge on any atom is 0.255 e. The summed E-state index contributed by atoms with van der Waals surface area (Å²) in [6, 6.07) is 3.33. The molecule has 1 aromatic heterocycles. The van der Waals surface area contributed by atoms with Gasteiger partial charge in [0.2, 0.25) is 0 Å². The first-order valence-electron chi connectivity index (χ1n) is 9.39. The first kappa shape index (κ1) is 17.5. The van der Waals surface area contributed by atoms with Gasteiger partial charge in [0.15, 0.2) is 0 Å². The number of alkyl halides is 1. The molecule has 1 saturated carbocycles. The summed E-state index contributed by atoms with van der Waals surface area (Å²) in [4.78, 5) is 14.6. The number of benzene rings is 1. The van der Waals surface area contributed by atoms with Crippen LogP contribution in [0.2, 0.25) is 0 Å². The Morgan fingerprint density at radius 1 is 1.35 bits per heavy atom. The van der Waals surface area contributed by atoms with Gasteiger partial charge in [0, 0.05) is 36.5 Å². The quantitative estimate of drug-likeness (QED) is 0.906. The summed E-state index contributed by atoms with van der Waals surface area (Å²) in [5.74, 6) is -0.362. The van der Waals surface area contributed by atoms with E-state index >= 15 is 0 Å². The van der Waals surface area contributed by atoms with E-state index in [9.17, 15) is 13.6 Å². The average molecular weight is 361 g/mol. The van der Waals surface area contributed by atoms with E-state index in [1.165, 1.54) is 6.07 Å². The molecule has 2 fully saturated rings. The molecule has 1 atom stereocenters. The van der Waals surface area contributed by atoms with Crippen LogP contribution in [0.4, 0.5) is 14.5 Å². The molecule has 140 valence electrons. The van der Waals surface area contributed by atoms with Crippen molar-refractivity contribution in [2.24, 2.45) is 5.73 Å². The van der Waals surface area contributed by atoms with Crippen LogP contribution in [0.1, 0.15) is 49.8 Å². The van der Waals surface area contributed by atoms with Gasteiger partial charge in [0.1, 0.15) is 11.5 Å². The Labute approximate surface area is 151 Å². The van der Waals surface area contributed by atoms with Crippen molar-refractivity contribution in [3.05, 3.63) is 39.4 Å². The summed E-state index contributed by atoms with van der Waals surface area (Å²) in [6.45, 7) is 4.48. The third-order valence-electron chi connectivity index (χ3n) is 5.94. The van der Waals surface area contributed by atoms with Crippen molar-refractivity contribution in [2.45, 2.75) is 57.8 Å². The van der Waals surface area contributed by atoms with Crippen molar-refractivity contribution in [3.63, 3.8) is 0 Å². The molecule has 1 aliphatic heterocycles. The van der Waals surface area contributed by atoms with Crippen LogP contribution in [0.5, 0.6) is 0 Å². The lowest BCUT2D eigenvalue weighted by Crippen LogP contribution is -2.30. The van der Waals surface area contributed by atoms with Crippen LogP contribution in [0.15, 0.2) is 16.9 Å². The highest BCUT2D eigenvalue weighted by atomic mass is 19.1. The molecule has 26 heavy (non-hydrogen) atoms. The number of fused-ring (bicyclic) bond motifs is 1. The lowest BCUT2D eigenvalue weighted by molar-refractivity contribution is 0.186. The number of anilines is 1. The van der Waals surface area contributed by atoms with Crippen molar-refractivity contribution < 1.29 is 8.78 Å². The van der Waals surface area contributed by atoms with Crippen LogP contribution in [-0.2, 0) is 6.54 Å². The lowest BCUT2D eigenvalue weighted by atomic mass is 10.0. The summed E-state index contributed by atoms with van der Waals surface area (Å²) in [5, 5.41) is 0.692. The number of aromatic nitrogens is 1. The molecule has 2 aromatic rings. The van der Waals surface area contributed by atoms with Crippen molar-refractivity contribution in [3.8, 4) is 0 Å². The largest absolute Gasteiger partial charge is 0.366 e. The fourth-order valence-electron chi connectivity index (χ4n) is 4.25. The van der Waals surface area contributed by atoms with Gasteiger partial charge in [0.05, 0.1) is 17.7 Å². The zero-order valence-corrected chi connectivity index (χ0v) is 15.3. The predicted octanol–water partition coefficient (Wildman–Crippen LogP) is 3.57. The molecule has 1 aromatic carbocycles. The maximum absolute atomic E-state index is 15.0. The Morgan fingerprint density at radius 2 is 2.08 bits per heavy atom. The van der Waals surface area contributed by atoms with Crippen LogP contribution >= 0.6 is 0 Å². The minimum atomic E-state index is -1.27. The van der Waals surface area contributed by atoms with E-state index in [2.05, 4.69) is 0 Å². The number of hydrogen-bond acceptors (Lipinski definition) is 3. The van der Waals surface area contributed by atoms with Crippen LogP contribution in [0.25, 0.3) is 10.9 Å². The molecular weight excluding hydrogens is 336 g/mol. The van der Waals surface area contributed by atoms with Gasteiger partial charge in [-0.3, -0.25) is 4.79 Å². The molecule has 0 spiro atoms. The van der Waals surface area contributed by atoms with Gasteiger partial charge in [-0.2, -0.15) is 0 Å². The number of nitrogens with zero attached hydrogens (tertiary/aromatic N) is 2. The Bertz CT molecular complexity index is 935. The number of rotatable bonds is 4. The van der Waals surface area contributed by atoms with Gasteiger partial charge in [-0.15, -0.1) is 0 Å². The molecule has 0 bridgehead atoms. The second-order valence-corrected chi connectivity index (χ2v) is 7.73. The van der Waals surface area contributed by atoms with Gasteiger partial charge in [-0.05, 0) is 43.9 Å². The molecular formula is C20H25F2N3O. The van der Waals surface area contributed by atoms with Crippen LogP contribution in [0, 0.1) is 12.7 Å². The fourth-order valence-corrected chi connectivity index (χ4v) is 4.25. The third kappa shape index (κ3) is 2.62. The van der Waals surface area contributed by atoms with E-state index in [0.29, 0.717) is 41.6 Å². The molecule has 2 aliphatic rings. The average Bonchev–Trinajstić information content (AvgIpc) is 3.37. The van der Waals surface area contributed by atoms with E-state index in [4.69, 9.17) is 5.73 Å². The Hall–Kier alpha value is -1.95. The van der Waals surface area contributed by atoms with Gasteiger partial charge >= 0.3 is 0 Å². The molecule has 6 heteroatoms.